The van der Waals surface area contributed by atoms with E-state index in [2.05, 4.69) is 0 Å². The Morgan fingerprint density at radius 1 is 1.05 bits per heavy atom. The second-order valence-electron chi connectivity index (χ2n) is 7.86. The van der Waals surface area contributed by atoms with Crippen LogP contribution in [0.15, 0.2) is 0 Å². The van der Waals surface area contributed by atoms with Crippen molar-refractivity contribution in [3.05, 3.63) is 0 Å². The summed E-state index contributed by atoms with van der Waals surface area (Å²) >= 11 is 0. The topological polar surface area (TPSA) is 43.4 Å². The summed E-state index contributed by atoms with van der Waals surface area (Å²) in [6.45, 7) is 0. The first-order valence-electron chi connectivity index (χ1n) is 8.36. The standard InChI is InChI=1S/C17H24O3/c18-14-2-1-3-15(7-14)20-16(19)17-8-11-4-12(9-17)6-13(5-11)10-17/h11-13,15H,1-10H2. The van der Waals surface area contributed by atoms with E-state index in [4.69, 9.17) is 4.74 Å². The first-order valence-corrected chi connectivity index (χ1v) is 8.36. The van der Waals surface area contributed by atoms with Crippen molar-refractivity contribution in [2.75, 3.05) is 0 Å². The third-order valence-corrected chi connectivity index (χ3v) is 6.18. The molecule has 0 radical (unpaired) electrons. The summed E-state index contributed by atoms with van der Waals surface area (Å²) in [4.78, 5) is 24.2. The van der Waals surface area contributed by atoms with Crippen molar-refractivity contribution in [1.82, 2.24) is 0 Å². The lowest BCUT2D eigenvalue weighted by atomic mass is 9.49. The van der Waals surface area contributed by atoms with E-state index in [1.165, 1.54) is 19.3 Å². The molecule has 5 aliphatic rings. The van der Waals surface area contributed by atoms with Gasteiger partial charge in [0, 0.05) is 12.8 Å². The van der Waals surface area contributed by atoms with Crippen molar-refractivity contribution in [2.45, 2.75) is 70.3 Å². The summed E-state index contributed by atoms with van der Waals surface area (Å²) in [5.74, 6) is 2.60. The van der Waals surface area contributed by atoms with E-state index in [9.17, 15) is 9.59 Å². The number of hydrogen-bond acceptors (Lipinski definition) is 3. The third kappa shape index (κ3) is 2.10. The summed E-state index contributed by atoms with van der Waals surface area (Å²) in [6, 6.07) is 0. The van der Waals surface area contributed by atoms with E-state index in [0.29, 0.717) is 12.8 Å². The van der Waals surface area contributed by atoms with E-state index in [0.717, 1.165) is 49.9 Å². The number of esters is 1. The van der Waals surface area contributed by atoms with Crippen LogP contribution in [0.25, 0.3) is 0 Å². The van der Waals surface area contributed by atoms with Gasteiger partial charge in [-0.3, -0.25) is 9.59 Å². The predicted octanol–water partition coefficient (Wildman–Crippen LogP) is 3.26. The molecule has 4 bridgehead atoms. The van der Waals surface area contributed by atoms with Crippen molar-refractivity contribution < 1.29 is 14.3 Å². The molecule has 1 unspecified atom stereocenters. The summed E-state index contributed by atoms with van der Waals surface area (Å²) in [7, 11) is 0. The van der Waals surface area contributed by atoms with Crippen LogP contribution >= 0.6 is 0 Å². The maximum Gasteiger partial charge on any atom is 0.312 e. The maximum atomic E-state index is 12.7. The molecule has 0 aromatic carbocycles. The van der Waals surface area contributed by atoms with Gasteiger partial charge >= 0.3 is 5.97 Å². The average Bonchev–Trinajstić information content (AvgIpc) is 2.37. The molecule has 0 spiro atoms. The predicted molar refractivity (Wildman–Crippen MR) is 74.0 cm³/mol. The fraction of sp³-hybridized carbons (Fsp3) is 0.882. The number of ether oxygens (including phenoxy) is 1. The smallest absolute Gasteiger partial charge is 0.312 e. The molecule has 1 atom stereocenters. The monoisotopic (exact) mass is 276 g/mol. The lowest BCUT2D eigenvalue weighted by molar-refractivity contribution is -0.178. The Morgan fingerprint density at radius 3 is 2.20 bits per heavy atom. The molecule has 0 N–H and O–H groups in total. The Morgan fingerprint density at radius 2 is 1.65 bits per heavy atom. The molecule has 0 saturated heterocycles. The normalized spacial score (nSPS) is 46.5. The molecule has 20 heavy (non-hydrogen) atoms. The van der Waals surface area contributed by atoms with Crippen LogP contribution in [0.5, 0.6) is 0 Å². The van der Waals surface area contributed by atoms with E-state index >= 15 is 0 Å². The molecule has 0 aromatic rings. The molecule has 0 aromatic heterocycles. The van der Waals surface area contributed by atoms with Crippen LogP contribution < -0.4 is 0 Å². The van der Waals surface area contributed by atoms with Crippen LogP contribution in [-0.2, 0) is 14.3 Å². The fourth-order valence-corrected chi connectivity index (χ4v) is 5.72. The molecule has 3 nitrogen and oxygen atoms in total. The van der Waals surface area contributed by atoms with Gasteiger partial charge in [-0.25, -0.2) is 0 Å². The first-order chi connectivity index (χ1) is 9.63. The van der Waals surface area contributed by atoms with Crippen molar-refractivity contribution in [3.8, 4) is 0 Å². The molecule has 0 amide bonds. The van der Waals surface area contributed by atoms with E-state index in [-0.39, 0.29) is 23.3 Å². The van der Waals surface area contributed by atoms with Crippen molar-refractivity contribution in [3.63, 3.8) is 0 Å². The first kappa shape index (κ1) is 12.8. The molecule has 110 valence electrons. The average molecular weight is 276 g/mol. The zero-order valence-electron chi connectivity index (χ0n) is 12.1. The molecule has 5 fully saturated rings. The second kappa shape index (κ2) is 4.57. The second-order valence-corrected chi connectivity index (χ2v) is 7.86. The molecular formula is C17H24O3. The maximum absolute atomic E-state index is 12.7. The molecule has 5 aliphatic carbocycles. The number of carbonyl (C=O) groups excluding carboxylic acids is 2. The van der Waals surface area contributed by atoms with Gasteiger partial charge in [-0.05, 0) is 69.1 Å². The zero-order chi connectivity index (χ0) is 13.7. The van der Waals surface area contributed by atoms with Gasteiger partial charge in [0.15, 0.2) is 0 Å². The van der Waals surface area contributed by atoms with Crippen molar-refractivity contribution in [1.29, 1.82) is 0 Å². The zero-order valence-corrected chi connectivity index (χ0v) is 12.1. The van der Waals surface area contributed by atoms with Crippen LogP contribution in [0.1, 0.15) is 64.2 Å². The van der Waals surface area contributed by atoms with Crippen molar-refractivity contribution in [2.24, 2.45) is 23.2 Å². The van der Waals surface area contributed by atoms with Gasteiger partial charge < -0.3 is 4.74 Å². The van der Waals surface area contributed by atoms with Gasteiger partial charge in [-0.2, -0.15) is 0 Å². The number of Topliss-reactive ketones (excluding diaryl/α,β-unsaturated/α-hetero) is 1. The highest BCUT2D eigenvalue weighted by Gasteiger charge is 2.55. The highest BCUT2D eigenvalue weighted by Crippen LogP contribution is 2.60. The van der Waals surface area contributed by atoms with Gasteiger partial charge in [0.25, 0.3) is 0 Å². The van der Waals surface area contributed by atoms with Gasteiger partial charge in [-0.15, -0.1) is 0 Å². The summed E-state index contributed by atoms with van der Waals surface area (Å²) in [5, 5.41) is 0. The van der Waals surface area contributed by atoms with Gasteiger partial charge in [0.2, 0.25) is 0 Å². The highest BCUT2D eigenvalue weighted by atomic mass is 16.5. The largest absolute Gasteiger partial charge is 0.461 e. The van der Waals surface area contributed by atoms with Crippen LogP contribution in [0.2, 0.25) is 0 Å². The molecule has 3 heteroatoms. The minimum Gasteiger partial charge on any atom is -0.461 e. The molecule has 0 aliphatic heterocycles. The molecule has 5 rings (SSSR count). The van der Waals surface area contributed by atoms with Crippen LogP contribution in [0.3, 0.4) is 0 Å². The van der Waals surface area contributed by atoms with E-state index in [1.54, 1.807) is 0 Å². The minimum atomic E-state index is -0.171. The van der Waals surface area contributed by atoms with E-state index < -0.39 is 0 Å². The van der Waals surface area contributed by atoms with Crippen molar-refractivity contribution >= 4 is 11.8 Å². The molecule has 0 heterocycles. The Kier molecular flexibility index (Phi) is 2.94. The lowest BCUT2D eigenvalue weighted by Crippen LogP contribution is -2.51. The fourth-order valence-electron chi connectivity index (χ4n) is 5.72. The lowest BCUT2D eigenvalue weighted by Gasteiger charge is -2.55. The number of rotatable bonds is 2. The Labute approximate surface area is 120 Å². The quantitative estimate of drug-likeness (QED) is 0.727. The summed E-state index contributed by atoms with van der Waals surface area (Å²) in [6.07, 6.45) is 9.95. The third-order valence-electron chi connectivity index (χ3n) is 6.18. The van der Waals surface area contributed by atoms with Gasteiger partial charge in [-0.1, -0.05) is 0 Å². The molecular weight excluding hydrogens is 252 g/mol. The van der Waals surface area contributed by atoms with Crippen LogP contribution in [0.4, 0.5) is 0 Å². The Bertz CT molecular complexity index is 404. The minimum absolute atomic E-state index is 0.0382. The molecule has 5 saturated carbocycles. The van der Waals surface area contributed by atoms with Gasteiger partial charge in [0.1, 0.15) is 11.9 Å². The highest BCUT2D eigenvalue weighted by molar-refractivity contribution is 5.81. The van der Waals surface area contributed by atoms with Crippen LogP contribution in [0, 0.1) is 23.2 Å². The number of ketones is 1. The van der Waals surface area contributed by atoms with Gasteiger partial charge in [0.05, 0.1) is 5.41 Å². The SMILES string of the molecule is O=C1CCCC(OC(=O)C23CC4CC(CC(C4)C2)C3)C1. The summed E-state index contributed by atoms with van der Waals surface area (Å²) < 4.78 is 5.79. The summed E-state index contributed by atoms with van der Waals surface area (Å²) in [5.41, 5.74) is -0.171. The number of carbonyl (C=O) groups is 2. The Balaban J connectivity index is 1.46. The Hall–Kier alpha value is -0.860. The van der Waals surface area contributed by atoms with Crippen LogP contribution in [-0.4, -0.2) is 17.9 Å². The number of hydrogen-bond donors (Lipinski definition) is 0. The van der Waals surface area contributed by atoms with E-state index in [1.807, 2.05) is 0 Å².